The molecule has 0 spiro atoms. The number of H-pyrrole nitrogens is 1. The Labute approximate surface area is 100 Å². The Bertz CT molecular complexity index is 708. The van der Waals surface area contributed by atoms with Crippen LogP contribution in [0.5, 0.6) is 0 Å². The Balaban J connectivity index is 2.26. The van der Waals surface area contributed by atoms with Gasteiger partial charge in [0, 0.05) is 0 Å². The maximum absolute atomic E-state index is 10.7. The number of furan rings is 1. The van der Waals surface area contributed by atoms with Crippen LogP contribution in [0.1, 0.15) is 5.76 Å². The molecule has 0 atom stereocenters. The lowest BCUT2D eigenvalue weighted by Crippen LogP contribution is -1.95. The Kier molecular flexibility index (Phi) is 2.92. The van der Waals surface area contributed by atoms with Crippen molar-refractivity contribution in [2.45, 2.75) is 5.09 Å². The first-order valence-corrected chi connectivity index (χ1v) is 6.05. The molecule has 0 aliphatic carbocycles. The summed E-state index contributed by atoms with van der Waals surface area (Å²) in [4.78, 5) is 0. The van der Waals surface area contributed by atoms with Crippen LogP contribution in [0.4, 0.5) is 0 Å². The molecule has 0 aromatic carbocycles. The minimum Gasteiger partial charge on any atom is -0.441 e. The van der Waals surface area contributed by atoms with Gasteiger partial charge in [0.25, 0.3) is 0 Å². The monoisotopic (exact) mass is 274 g/mol. The van der Waals surface area contributed by atoms with E-state index in [2.05, 4.69) is 15.3 Å². The molecule has 0 aliphatic rings. The summed E-state index contributed by atoms with van der Waals surface area (Å²) >= 11 is 4.83. The quantitative estimate of drug-likeness (QED) is 0.483. The van der Waals surface area contributed by atoms with Crippen molar-refractivity contribution in [1.29, 1.82) is 0 Å². The molecule has 2 heterocycles. The summed E-state index contributed by atoms with van der Waals surface area (Å²) in [6.45, 7) is 0. The van der Waals surface area contributed by atoms with Crippen molar-refractivity contribution in [1.82, 2.24) is 14.9 Å². The van der Waals surface area contributed by atoms with Crippen LogP contribution in [0.3, 0.4) is 0 Å². The van der Waals surface area contributed by atoms with Gasteiger partial charge in [-0.05, 0) is 24.4 Å². The van der Waals surface area contributed by atoms with Crippen LogP contribution in [0.2, 0.25) is 0 Å². The number of rotatable bonds is 3. The number of hydrogen-bond acceptors (Lipinski definition) is 6. The molecule has 2 aromatic rings. The Hall–Kier alpha value is -1.78. The summed E-state index contributed by atoms with van der Waals surface area (Å²) in [5, 5.41) is 9.42. The van der Waals surface area contributed by atoms with Gasteiger partial charge in [0.2, 0.25) is 9.86 Å². The molecule has 0 unspecified atom stereocenters. The number of aromatic nitrogens is 3. The van der Waals surface area contributed by atoms with E-state index in [4.69, 9.17) is 21.2 Å². The van der Waals surface area contributed by atoms with Crippen molar-refractivity contribution in [3.8, 4) is 0 Å². The minimum atomic E-state index is -4.34. The lowest BCUT2D eigenvalue weighted by molar-refractivity contribution is 0.404. The van der Waals surface area contributed by atoms with Crippen LogP contribution < -0.4 is 0 Å². The molecular weight excluding hydrogens is 268 g/mol. The SMILES string of the molecule is O=S(=O)(O)c1ccc(C=Nn2cn[nH]c2=S)o1. The van der Waals surface area contributed by atoms with Gasteiger partial charge < -0.3 is 4.42 Å². The molecule has 0 fully saturated rings. The van der Waals surface area contributed by atoms with Gasteiger partial charge in [-0.15, -0.1) is 0 Å². The zero-order valence-corrected chi connectivity index (χ0v) is 9.77. The molecule has 0 saturated carbocycles. The maximum Gasteiger partial charge on any atom is 0.328 e. The first-order chi connectivity index (χ1) is 7.97. The second-order valence-corrected chi connectivity index (χ2v) is 4.62. The van der Waals surface area contributed by atoms with Gasteiger partial charge in [-0.1, -0.05) is 0 Å². The van der Waals surface area contributed by atoms with Crippen molar-refractivity contribution in [2.24, 2.45) is 5.10 Å². The third-order valence-electron chi connectivity index (χ3n) is 1.70. The Morgan fingerprint density at radius 1 is 1.59 bits per heavy atom. The minimum absolute atomic E-state index is 0.153. The van der Waals surface area contributed by atoms with Crippen LogP contribution in [-0.4, -0.2) is 34.1 Å². The van der Waals surface area contributed by atoms with Crippen LogP contribution >= 0.6 is 12.2 Å². The number of hydrogen-bond donors (Lipinski definition) is 2. The van der Waals surface area contributed by atoms with E-state index in [9.17, 15) is 8.42 Å². The highest BCUT2D eigenvalue weighted by molar-refractivity contribution is 7.85. The lowest BCUT2D eigenvalue weighted by atomic mass is 10.5. The number of aromatic amines is 1. The summed E-state index contributed by atoms with van der Waals surface area (Å²) in [5.41, 5.74) is 0. The standard InChI is InChI=1S/C7H6N4O4S2/c12-17(13,14)6-2-1-5(15-6)3-9-11-4-8-10-7(11)16/h1-4H,(H,10,16)(H,12,13,14). The second-order valence-electron chi connectivity index (χ2n) is 2.88. The third-order valence-corrected chi connectivity index (χ3v) is 2.71. The van der Waals surface area contributed by atoms with Crippen molar-refractivity contribution >= 4 is 28.6 Å². The fourth-order valence-electron chi connectivity index (χ4n) is 0.986. The Morgan fingerprint density at radius 2 is 2.35 bits per heavy atom. The second kappa shape index (κ2) is 4.24. The molecule has 0 aliphatic heterocycles. The van der Waals surface area contributed by atoms with Gasteiger partial charge in [0.1, 0.15) is 12.1 Å². The van der Waals surface area contributed by atoms with Crippen molar-refractivity contribution in [2.75, 3.05) is 0 Å². The molecule has 0 radical (unpaired) electrons. The average molecular weight is 274 g/mol. The fraction of sp³-hybridized carbons (Fsp3) is 0. The summed E-state index contributed by atoms with van der Waals surface area (Å²) in [7, 11) is -4.34. The first-order valence-electron chi connectivity index (χ1n) is 4.20. The van der Waals surface area contributed by atoms with Crippen LogP contribution in [0.25, 0.3) is 0 Å². The van der Waals surface area contributed by atoms with Gasteiger partial charge in [0.15, 0.2) is 0 Å². The van der Waals surface area contributed by atoms with Gasteiger partial charge in [-0.2, -0.15) is 23.3 Å². The van der Waals surface area contributed by atoms with Gasteiger partial charge >= 0.3 is 10.1 Å². The molecule has 17 heavy (non-hydrogen) atoms. The molecular formula is C7H6N4O4S2. The molecule has 8 nitrogen and oxygen atoms in total. The smallest absolute Gasteiger partial charge is 0.328 e. The molecule has 2 rings (SSSR count). The summed E-state index contributed by atoms with van der Waals surface area (Å²) in [5.74, 6) is 0.153. The van der Waals surface area contributed by atoms with E-state index in [0.29, 0.717) is 0 Å². The molecule has 10 heteroatoms. The summed E-state index contributed by atoms with van der Waals surface area (Å²) in [6.07, 6.45) is 2.57. The highest BCUT2D eigenvalue weighted by Crippen LogP contribution is 2.11. The zero-order chi connectivity index (χ0) is 12.5. The van der Waals surface area contributed by atoms with E-state index in [1.165, 1.54) is 23.3 Å². The molecule has 2 aromatic heterocycles. The predicted octanol–water partition coefficient (Wildman–Crippen LogP) is 0.663. The normalized spacial score (nSPS) is 12.3. The maximum atomic E-state index is 10.7. The zero-order valence-electron chi connectivity index (χ0n) is 8.14. The third kappa shape index (κ3) is 2.67. The molecule has 0 amide bonds. The van der Waals surface area contributed by atoms with Crippen molar-refractivity contribution in [3.63, 3.8) is 0 Å². The molecule has 0 saturated heterocycles. The summed E-state index contributed by atoms with van der Waals surface area (Å²) < 4.78 is 36.5. The van der Waals surface area contributed by atoms with Crippen LogP contribution in [0, 0.1) is 4.77 Å². The van der Waals surface area contributed by atoms with E-state index in [-0.39, 0.29) is 10.5 Å². The van der Waals surface area contributed by atoms with E-state index < -0.39 is 15.2 Å². The highest BCUT2D eigenvalue weighted by Gasteiger charge is 2.13. The highest BCUT2D eigenvalue weighted by atomic mass is 32.2. The van der Waals surface area contributed by atoms with Gasteiger partial charge in [-0.3, -0.25) is 9.65 Å². The Morgan fingerprint density at radius 3 is 2.88 bits per heavy atom. The molecule has 2 N–H and O–H groups in total. The largest absolute Gasteiger partial charge is 0.441 e. The van der Waals surface area contributed by atoms with E-state index in [0.717, 1.165) is 6.07 Å². The summed E-state index contributed by atoms with van der Waals surface area (Å²) in [6, 6.07) is 2.46. The molecule has 90 valence electrons. The number of nitrogens with one attached hydrogen (secondary N) is 1. The van der Waals surface area contributed by atoms with E-state index in [1.54, 1.807) is 0 Å². The fourth-order valence-corrected chi connectivity index (χ4v) is 1.57. The lowest BCUT2D eigenvalue weighted by Gasteiger charge is -1.89. The van der Waals surface area contributed by atoms with Gasteiger partial charge in [-0.25, -0.2) is 0 Å². The van der Waals surface area contributed by atoms with Crippen LogP contribution in [0.15, 0.2) is 33.1 Å². The molecule has 0 bridgehead atoms. The predicted molar refractivity (Wildman–Crippen MR) is 58.9 cm³/mol. The van der Waals surface area contributed by atoms with E-state index >= 15 is 0 Å². The average Bonchev–Trinajstić information content (AvgIpc) is 2.82. The first kappa shape index (κ1) is 11.7. The van der Waals surface area contributed by atoms with Crippen LogP contribution in [-0.2, 0) is 10.1 Å². The number of nitrogens with zero attached hydrogens (tertiary/aromatic N) is 3. The van der Waals surface area contributed by atoms with Crippen molar-refractivity contribution < 1.29 is 17.4 Å². The topological polar surface area (TPSA) is 113 Å². The van der Waals surface area contributed by atoms with Gasteiger partial charge in [0.05, 0.1) is 6.21 Å². The van der Waals surface area contributed by atoms with E-state index in [1.807, 2.05) is 0 Å². The van der Waals surface area contributed by atoms with Crippen molar-refractivity contribution in [3.05, 3.63) is 29.0 Å².